The molecular weight excluding hydrogens is 524 g/mol. The summed E-state index contributed by atoms with van der Waals surface area (Å²) in [5.74, 6) is -2.64. The number of carbonyl (C=O) groups excluding carboxylic acids is 4. The average molecular weight is 551 g/mol. The number of β-lactam (4-membered cyclic amide) rings is 1. The molecule has 3 N–H and O–H groups in total. The number of esters is 2. The summed E-state index contributed by atoms with van der Waals surface area (Å²) in [5.41, 5.74) is 5.49. The van der Waals surface area contributed by atoms with Crippen molar-refractivity contribution in [2.24, 2.45) is 5.16 Å². The lowest BCUT2D eigenvalue weighted by Crippen LogP contribution is -2.71. The molecule has 0 spiro atoms. The lowest BCUT2D eigenvalue weighted by molar-refractivity contribution is -0.186. The predicted octanol–water partition coefficient (Wildman–Crippen LogP) is 1.07. The zero-order chi connectivity index (χ0) is 26.7. The summed E-state index contributed by atoms with van der Waals surface area (Å²) in [6.07, 6.45) is 5.83. The van der Waals surface area contributed by atoms with Crippen molar-refractivity contribution in [3.63, 3.8) is 0 Å². The van der Waals surface area contributed by atoms with Crippen molar-refractivity contribution in [3.05, 3.63) is 29.7 Å². The normalized spacial score (nSPS) is 25.5. The van der Waals surface area contributed by atoms with Gasteiger partial charge in [-0.1, -0.05) is 18.2 Å². The van der Waals surface area contributed by atoms with Crippen molar-refractivity contribution in [2.75, 3.05) is 5.73 Å². The van der Waals surface area contributed by atoms with Gasteiger partial charge in [0.25, 0.3) is 11.8 Å². The molecule has 1 aliphatic carbocycles. The standard InChI is InChI=1S/C22H26N6O7S2/c1-4-14(33-11(3)29)34-21(32)13-9-10(2)36-20-16(19(31)28(13)20)24-18(30)15(17-25-22(23)37-27-17)26-35-12-7-5-6-8-12/h5,7,9-10,12,14,16,20H,4,6,8H2,1-3H3,(H,24,30)(H2,23,25,27)/b26-15-/t10?,12?,14?,16?,20-/m1/s1. The summed E-state index contributed by atoms with van der Waals surface area (Å²) in [5, 5.41) is 6.04. The van der Waals surface area contributed by atoms with Crippen molar-refractivity contribution in [2.45, 2.75) is 69.1 Å². The van der Waals surface area contributed by atoms with E-state index in [1.165, 1.54) is 23.6 Å². The monoisotopic (exact) mass is 550 g/mol. The Morgan fingerprint density at radius 1 is 1.35 bits per heavy atom. The summed E-state index contributed by atoms with van der Waals surface area (Å²) < 4.78 is 14.3. The van der Waals surface area contributed by atoms with E-state index in [0.717, 1.165) is 24.4 Å². The van der Waals surface area contributed by atoms with E-state index < -0.39 is 41.5 Å². The molecule has 0 radical (unpaired) electrons. The number of nitrogens with one attached hydrogen (secondary N) is 1. The highest BCUT2D eigenvalue weighted by Gasteiger charge is 2.54. The molecule has 37 heavy (non-hydrogen) atoms. The summed E-state index contributed by atoms with van der Waals surface area (Å²) in [6.45, 7) is 4.74. The van der Waals surface area contributed by atoms with Gasteiger partial charge in [-0.25, -0.2) is 4.79 Å². The Hall–Kier alpha value is -3.46. The molecule has 4 unspecified atom stereocenters. The highest BCUT2D eigenvalue weighted by atomic mass is 32.2. The minimum absolute atomic E-state index is 0.0180. The fraction of sp³-hybridized carbons (Fsp3) is 0.500. The molecule has 2 amide bonds. The van der Waals surface area contributed by atoms with Gasteiger partial charge in [0.2, 0.25) is 17.8 Å². The van der Waals surface area contributed by atoms with Crippen molar-refractivity contribution in [1.29, 1.82) is 0 Å². The number of oxime groups is 1. The first-order valence-corrected chi connectivity index (χ1v) is 13.3. The van der Waals surface area contributed by atoms with Crippen LogP contribution in [0.1, 0.15) is 45.9 Å². The number of hydrogen-bond acceptors (Lipinski definition) is 13. The second kappa shape index (κ2) is 11.3. The van der Waals surface area contributed by atoms with Gasteiger partial charge in [0, 0.05) is 30.1 Å². The first-order valence-electron chi connectivity index (χ1n) is 11.6. The molecular formula is C22H26N6O7S2. The van der Waals surface area contributed by atoms with E-state index in [9.17, 15) is 19.2 Å². The van der Waals surface area contributed by atoms with E-state index in [4.69, 9.17) is 20.0 Å². The zero-order valence-electron chi connectivity index (χ0n) is 20.3. The Balaban J connectivity index is 1.47. The largest absolute Gasteiger partial charge is 0.425 e. The SMILES string of the molecule is CCC(OC(C)=O)OC(=O)C1=CC(C)S[C@@H]2C(NC(=O)/C(=N\OC3C=CCC3)c3nsc(N)n3)C(=O)N12. The predicted molar refractivity (Wildman–Crippen MR) is 134 cm³/mol. The molecule has 1 aromatic heterocycles. The van der Waals surface area contributed by atoms with E-state index in [-0.39, 0.29) is 40.1 Å². The van der Waals surface area contributed by atoms with Crippen LogP contribution in [0.25, 0.3) is 0 Å². The number of fused-ring (bicyclic) bond motifs is 1. The Bertz CT molecular complexity index is 1180. The van der Waals surface area contributed by atoms with Gasteiger partial charge in [-0.2, -0.15) is 9.36 Å². The first kappa shape index (κ1) is 26.6. The van der Waals surface area contributed by atoms with E-state index in [2.05, 4.69) is 19.8 Å². The van der Waals surface area contributed by atoms with Gasteiger partial charge in [0.15, 0.2) is 5.13 Å². The topological polar surface area (TPSA) is 175 Å². The van der Waals surface area contributed by atoms with E-state index in [1.807, 2.05) is 19.1 Å². The van der Waals surface area contributed by atoms with Crippen LogP contribution in [0.5, 0.6) is 0 Å². The highest BCUT2D eigenvalue weighted by Crippen LogP contribution is 2.41. The molecule has 15 heteroatoms. The van der Waals surface area contributed by atoms with Crippen LogP contribution in [-0.2, 0) is 33.5 Å². The van der Waals surface area contributed by atoms with Gasteiger partial charge in [-0.15, -0.1) is 11.8 Å². The highest BCUT2D eigenvalue weighted by molar-refractivity contribution is 8.00. The number of nitrogens with zero attached hydrogens (tertiary/aromatic N) is 4. The number of thioether (sulfide) groups is 1. The number of amides is 2. The van der Waals surface area contributed by atoms with E-state index in [1.54, 1.807) is 13.0 Å². The fourth-order valence-corrected chi connectivity index (χ4v) is 5.58. The maximum Gasteiger partial charge on any atom is 0.357 e. The van der Waals surface area contributed by atoms with Crippen LogP contribution in [0.2, 0.25) is 0 Å². The molecule has 0 bridgehead atoms. The van der Waals surface area contributed by atoms with Crippen LogP contribution in [0.3, 0.4) is 0 Å². The third-order valence-corrected chi connectivity index (χ3v) is 7.40. The number of ether oxygens (including phenoxy) is 2. The maximum atomic E-state index is 13.2. The smallest absolute Gasteiger partial charge is 0.357 e. The minimum atomic E-state index is -1.08. The summed E-state index contributed by atoms with van der Waals surface area (Å²) in [4.78, 5) is 61.1. The molecule has 0 saturated carbocycles. The third kappa shape index (κ3) is 5.93. The van der Waals surface area contributed by atoms with Crippen molar-refractivity contribution >= 4 is 57.9 Å². The summed E-state index contributed by atoms with van der Waals surface area (Å²) >= 11 is 2.28. The van der Waals surface area contributed by atoms with Gasteiger partial charge >= 0.3 is 11.9 Å². The van der Waals surface area contributed by atoms with Crippen LogP contribution in [-0.4, -0.2) is 72.8 Å². The van der Waals surface area contributed by atoms with Crippen LogP contribution in [0, 0.1) is 0 Å². The number of hydrogen-bond donors (Lipinski definition) is 2. The molecule has 1 fully saturated rings. The molecule has 2 aliphatic heterocycles. The zero-order valence-corrected chi connectivity index (χ0v) is 21.9. The van der Waals surface area contributed by atoms with Gasteiger partial charge in [0.05, 0.1) is 0 Å². The Morgan fingerprint density at radius 2 is 2.14 bits per heavy atom. The van der Waals surface area contributed by atoms with Crippen molar-refractivity contribution < 1.29 is 33.5 Å². The summed E-state index contributed by atoms with van der Waals surface area (Å²) in [6, 6.07) is -0.945. The molecule has 198 valence electrons. The van der Waals surface area contributed by atoms with E-state index >= 15 is 0 Å². The Labute approximate surface area is 220 Å². The molecule has 3 aliphatic rings. The molecule has 3 heterocycles. The number of nitrogens with two attached hydrogens (primary N) is 1. The van der Waals surface area contributed by atoms with Gasteiger partial charge in [0.1, 0.15) is 23.2 Å². The minimum Gasteiger partial charge on any atom is -0.425 e. The molecule has 0 aromatic carbocycles. The third-order valence-electron chi connectivity index (χ3n) is 5.53. The van der Waals surface area contributed by atoms with Gasteiger partial charge < -0.3 is 25.4 Å². The molecule has 5 atom stereocenters. The number of carbonyl (C=O) groups is 4. The summed E-state index contributed by atoms with van der Waals surface area (Å²) in [7, 11) is 0. The maximum absolute atomic E-state index is 13.2. The Morgan fingerprint density at radius 3 is 2.76 bits per heavy atom. The lowest BCUT2D eigenvalue weighted by atomic mass is 10.0. The number of anilines is 1. The van der Waals surface area contributed by atoms with Crippen LogP contribution in [0.15, 0.2) is 29.1 Å². The molecule has 13 nitrogen and oxygen atoms in total. The molecule has 4 rings (SSSR count). The van der Waals surface area contributed by atoms with Gasteiger partial charge in [-0.3, -0.25) is 19.3 Å². The quantitative estimate of drug-likeness (QED) is 0.112. The van der Waals surface area contributed by atoms with Crippen molar-refractivity contribution in [1.82, 2.24) is 19.6 Å². The van der Waals surface area contributed by atoms with Gasteiger partial charge in [-0.05, 0) is 31.9 Å². The fourth-order valence-electron chi connectivity index (χ4n) is 3.81. The molecule has 1 saturated heterocycles. The van der Waals surface area contributed by atoms with Crippen LogP contribution in [0.4, 0.5) is 5.13 Å². The number of allylic oxidation sites excluding steroid dienone is 1. The average Bonchev–Trinajstić information content (AvgIpc) is 3.53. The Kier molecular flexibility index (Phi) is 8.12. The molecule has 1 aromatic rings. The number of rotatable bonds is 9. The van der Waals surface area contributed by atoms with E-state index in [0.29, 0.717) is 0 Å². The van der Waals surface area contributed by atoms with Crippen molar-refractivity contribution in [3.8, 4) is 0 Å². The second-order valence-corrected chi connectivity index (χ2v) is 10.6. The van der Waals surface area contributed by atoms with Crippen LogP contribution < -0.4 is 11.1 Å². The number of nitrogen functional groups attached to an aromatic ring is 1. The second-order valence-electron chi connectivity index (χ2n) is 8.34. The number of aromatic nitrogens is 2. The lowest BCUT2D eigenvalue weighted by Gasteiger charge is -2.49. The first-order chi connectivity index (χ1) is 17.7. The van der Waals surface area contributed by atoms with Crippen LogP contribution >= 0.6 is 23.3 Å².